The number of carbonyl (C=O) groups excluding carboxylic acids is 2. The van der Waals surface area contributed by atoms with Gasteiger partial charge in [-0.05, 0) is 45.7 Å². The molecule has 32 heavy (non-hydrogen) atoms. The lowest BCUT2D eigenvalue weighted by atomic mass is 10.2. The summed E-state index contributed by atoms with van der Waals surface area (Å²) in [6.07, 6.45) is 2.38. The van der Waals surface area contributed by atoms with Crippen LogP contribution in [0.1, 0.15) is 50.6 Å². The molecule has 1 aromatic heterocycles. The smallest absolute Gasteiger partial charge is 0.410 e. The fourth-order valence-electron chi connectivity index (χ4n) is 3.71. The molecule has 0 unspecified atom stereocenters. The molecule has 0 atom stereocenters. The van der Waals surface area contributed by atoms with E-state index in [9.17, 15) is 18.0 Å². The zero-order valence-corrected chi connectivity index (χ0v) is 19.9. The number of sulfonamides is 1. The van der Waals surface area contributed by atoms with Gasteiger partial charge in [-0.3, -0.25) is 9.69 Å². The van der Waals surface area contributed by atoms with Crippen LogP contribution in [0.15, 0.2) is 21.6 Å². The van der Waals surface area contributed by atoms with E-state index in [4.69, 9.17) is 9.15 Å². The van der Waals surface area contributed by atoms with Crippen LogP contribution < -0.4 is 5.32 Å². The van der Waals surface area contributed by atoms with E-state index in [2.05, 4.69) is 10.2 Å². The van der Waals surface area contributed by atoms with Gasteiger partial charge in [0.1, 0.15) is 5.60 Å². The summed E-state index contributed by atoms with van der Waals surface area (Å²) < 4.78 is 37.5. The zero-order valence-electron chi connectivity index (χ0n) is 19.1. The maximum atomic E-state index is 12.7. The van der Waals surface area contributed by atoms with Crippen molar-refractivity contribution in [1.82, 2.24) is 19.4 Å². The van der Waals surface area contributed by atoms with Gasteiger partial charge in [-0.2, -0.15) is 4.31 Å². The number of piperazine rings is 1. The Bertz CT molecular complexity index is 894. The first kappa shape index (κ1) is 24.5. The van der Waals surface area contributed by atoms with Gasteiger partial charge in [-0.1, -0.05) is 6.42 Å². The van der Waals surface area contributed by atoms with Gasteiger partial charge in [0.05, 0.1) is 0 Å². The van der Waals surface area contributed by atoms with Gasteiger partial charge in [0.15, 0.2) is 5.76 Å². The van der Waals surface area contributed by atoms with Crippen LogP contribution in [0.5, 0.6) is 0 Å². The number of furan rings is 1. The van der Waals surface area contributed by atoms with E-state index < -0.39 is 21.5 Å². The minimum atomic E-state index is -3.70. The highest BCUT2D eigenvalue weighted by Crippen LogP contribution is 2.22. The van der Waals surface area contributed by atoms with Crippen LogP contribution in [0.4, 0.5) is 4.79 Å². The molecule has 0 radical (unpaired) electrons. The molecule has 0 spiro atoms. The molecule has 10 nitrogen and oxygen atoms in total. The number of nitrogens with one attached hydrogen (secondary N) is 1. The lowest BCUT2D eigenvalue weighted by molar-refractivity contribution is 0.0147. The van der Waals surface area contributed by atoms with Crippen molar-refractivity contribution in [2.45, 2.75) is 50.7 Å². The Morgan fingerprint density at radius 1 is 1.03 bits per heavy atom. The van der Waals surface area contributed by atoms with Crippen molar-refractivity contribution in [1.29, 1.82) is 0 Å². The summed E-state index contributed by atoms with van der Waals surface area (Å²) in [5.74, 6) is -0.465. The fraction of sp³-hybridized carbons (Fsp3) is 0.714. The molecule has 2 aliphatic rings. The van der Waals surface area contributed by atoms with Gasteiger partial charge < -0.3 is 19.4 Å². The van der Waals surface area contributed by atoms with Crippen LogP contribution in [-0.2, 0) is 14.8 Å². The highest BCUT2D eigenvalue weighted by molar-refractivity contribution is 7.89. The molecule has 2 fully saturated rings. The third-order valence-electron chi connectivity index (χ3n) is 5.45. The van der Waals surface area contributed by atoms with Crippen LogP contribution in [0, 0.1) is 0 Å². The van der Waals surface area contributed by atoms with Crippen LogP contribution in [0.25, 0.3) is 0 Å². The highest BCUT2D eigenvalue weighted by atomic mass is 32.2. The number of hydrogen-bond donors (Lipinski definition) is 1. The van der Waals surface area contributed by atoms with Crippen molar-refractivity contribution in [3.05, 3.63) is 17.9 Å². The molecule has 3 heterocycles. The number of nitrogens with zero attached hydrogens (tertiary/aromatic N) is 3. The quantitative estimate of drug-likeness (QED) is 0.674. The van der Waals surface area contributed by atoms with Gasteiger partial charge in [0.2, 0.25) is 5.09 Å². The van der Waals surface area contributed by atoms with E-state index in [0.717, 1.165) is 19.3 Å². The molecule has 1 N–H and O–H groups in total. The average Bonchev–Trinajstić information content (AvgIpc) is 3.25. The molecule has 0 saturated carbocycles. The third-order valence-corrected chi connectivity index (χ3v) is 7.22. The van der Waals surface area contributed by atoms with E-state index in [-0.39, 0.29) is 16.9 Å². The number of amides is 2. The zero-order chi connectivity index (χ0) is 23.4. The van der Waals surface area contributed by atoms with Gasteiger partial charge in [0, 0.05) is 52.4 Å². The molecule has 2 saturated heterocycles. The molecule has 3 rings (SSSR count). The van der Waals surface area contributed by atoms with E-state index >= 15 is 0 Å². The second kappa shape index (κ2) is 10.2. The number of hydrogen-bond acceptors (Lipinski definition) is 7. The first-order valence-corrected chi connectivity index (χ1v) is 12.6. The Kier molecular flexibility index (Phi) is 7.84. The minimum absolute atomic E-state index is 0.0182. The van der Waals surface area contributed by atoms with Crippen molar-refractivity contribution in [3.63, 3.8) is 0 Å². The summed E-state index contributed by atoms with van der Waals surface area (Å²) in [6, 6.07) is 2.74. The predicted octanol–water partition coefficient (Wildman–Crippen LogP) is 1.74. The molecule has 180 valence electrons. The van der Waals surface area contributed by atoms with Crippen molar-refractivity contribution in [2.24, 2.45) is 0 Å². The second-order valence-corrected chi connectivity index (χ2v) is 11.0. The first-order chi connectivity index (χ1) is 15.1. The minimum Gasteiger partial charge on any atom is -0.444 e. The molecule has 0 aromatic carbocycles. The lowest BCUT2D eigenvalue weighted by Gasteiger charge is -2.35. The summed E-state index contributed by atoms with van der Waals surface area (Å²) in [5, 5.41) is 2.58. The number of ether oxygens (including phenoxy) is 1. The lowest BCUT2D eigenvalue weighted by Crippen LogP contribution is -2.51. The van der Waals surface area contributed by atoms with E-state index in [0.29, 0.717) is 52.4 Å². The predicted molar refractivity (Wildman–Crippen MR) is 118 cm³/mol. The van der Waals surface area contributed by atoms with Crippen LogP contribution in [0.3, 0.4) is 0 Å². The van der Waals surface area contributed by atoms with E-state index in [1.807, 2.05) is 20.8 Å². The molecule has 11 heteroatoms. The third kappa shape index (κ3) is 6.46. The summed E-state index contributed by atoms with van der Waals surface area (Å²) in [5.41, 5.74) is -0.517. The topological polar surface area (TPSA) is 112 Å². The van der Waals surface area contributed by atoms with Crippen molar-refractivity contribution < 1.29 is 27.2 Å². The van der Waals surface area contributed by atoms with Gasteiger partial charge in [-0.25, -0.2) is 13.2 Å². The van der Waals surface area contributed by atoms with Gasteiger partial charge in [0.25, 0.3) is 15.9 Å². The molecule has 0 aliphatic carbocycles. The maximum Gasteiger partial charge on any atom is 0.410 e. The number of rotatable bonds is 6. The molecule has 1 aromatic rings. The highest BCUT2D eigenvalue weighted by Gasteiger charge is 2.30. The normalized spacial score (nSPS) is 19.0. The Morgan fingerprint density at radius 3 is 2.31 bits per heavy atom. The SMILES string of the molecule is CC(C)(C)OC(=O)N1CCN(CCNC(=O)c2ccc(S(=O)(=O)N3CCCCC3)o2)CC1. The Morgan fingerprint density at radius 2 is 1.69 bits per heavy atom. The van der Waals surface area contributed by atoms with Gasteiger partial charge in [-0.15, -0.1) is 0 Å². The van der Waals surface area contributed by atoms with E-state index in [1.54, 1.807) is 4.90 Å². The van der Waals surface area contributed by atoms with Crippen molar-refractivity contribution in [3.8, 4) is 0 Å². The largest absolute Gasteiger partial charge is 0.444 e. The Balaban J connectivity index is 1.42. The molecule has 2 aliphatic heterocycles. The molecular formula is C21H34N4O6S. The van der Waals surface area contributed by atoms with E-state index in [1.165, 1.54) is 16.4 Å². The van der Waals surface area contributed by atoms with Crippen LogP contribution >= 0.6 is 0 Å². The van der Waals surface area contributed by atoms with Crippen LogP contribution in [0.2, 0.25) is 0 Å². The summed E-state index contributed by atoms with van der Waals surface area (Å²) in [6.45, 7) is 10.0. The fourth-order valence-corrected chi connectivity index (χ4v) is 5.14. The average molecular weight is 471 g/mol. The molecule has 0 bridgehead atoms. The Hall–Kier alpha value is -2.11. The van der Waals surface area contributed by atoms with Gasteiger partial charge >= 0.3 is 6.09 Å². The summed E-state index contributed by atoms with van der Waals surface area (Å²) in [7, 11) is -3.70. The number of carbonyl (C=O) groups is 2. The van der Waals surface area contributed by atoms with Crippen molar-refractivity contribution in [2.75, 3.05) is 52.4 Å². The van der Waals surface area contributed by atoms with Crippen molar-refractivity contribution >= 4 is 22.0 Å². The first-order valence-electron chi connectivity index (χ1n) is 11.1. The summed E-state index contributed by atoms with van der Waals surface area (Å²) in [4.78, 5) is 28.3. The molecule has 2 amide bonds. The maximum absolute atomic E-state index is 12.7. The monoisotopic (exact) mass is 470 g/mol. The summed E-state index contributed by atoms with van der Waals surface area (Å²) >= 11 is 0. The molecular weight excluding hydrogens is 436 g/mol. The number of piperidine rings is 1. The van der Waals surface area contributed by atoms with Crippen LogP contribution in [-0.4, -0.2) is 92.5 Å². The second-order valence-electron chi connectivity index (χ2n) is 9.15. The Labute approximate surface area is 189 Å². The standard InChI is InChI=1S/C21H34N4O6S/c1-21(2,3)31-20(27)24-15-13-23(14-16-24)12-9-22-19(26)17-7-8-18(30-17)32(28,29)25-10-5-4-6-11-25/h7-8H,4-6,9-16H2,1-3H3,(H,22,26).